The molecule has 0 saturated carbocycles. The molecule has 0 saturated heterocycles. The lowest BCUT2D eigenvalue weighted by molar-refractivity contribution is 0.474. The van der Waals surface area contributed by atoms with E-state index in [4.69, 9.17) is 14.1 Å². The number of benzene rings is 8. The Morgan fingerprint density at radius 3 is 1.96 bits per heavy atom. The van der Waals surface area contributed by atoms with Crippen LogP contribution in [0.2, 0.25) is 0 Å². The van der Waals surface area contributed by atoms with Gasteiger partial charge in [0, 0.05) is 37.8 Å². The van der Waals surface area contributed by atoms with E-state index in [1.165, 1.54) is 16.7 Å². The number of nitrogens with zero attached hydrogens (tertiary/aromatic N) is 3. The summed E-state index contributed by atoms with van der Waals surface area (Å²) in [5.74, 6) is 0.657. The van der Waals surface area contributed by atoms with Crippen LogP contribution in [0.1, 0.15) is 86.0 Å². The summed E-state index contributed by atoms with van der Waals surface area (Å²) in [5, 5.41) is 12.3. The Morgan fingerprint density at radius 1 is 0.507 bits per heavy atom. The summed E-state index contributed by atoms with van der Waals surface area (Å²) in [4.78, 5) is 10.6. The molecule has 0 aliphatic heterocycles. The lowest BCUT2D eigenvalue weighted by Gasteiger charge is -2.26. The van der Waals surface area contributed by atoms with Crippen molar-refractivity contribution in [2.24, 2.45) is 0 Å². The van der Waals surface area contributed by atoms with Crippen molar-refractivity contribution in [3.63, 3.8) is 0 Å². The van der Waals surface area contributed by atoms with Crippen LogP contribution in [0.15, 0.2) is 194 Å². The molecule has 2 heterocycles. The van der Waals surface area contributed by atoms with Crippen LogP contribution in [-0.2, 0) is 16.2 Å². The molecule has 1 aliphatic carbocycles. The van der Waals surface area contributed by atoms with Crippen molar-refractivity contribution in [2.45, 2.75) is 71.6 Å². The zero-order valence-corrected chi connectivity index (χ0v) is 40.3. The molecular formula is C65H57N3O. The van der Waals surface area contributed by atoms with E-state index >= 15 is 0 Å². The molecule has 11 rings (SSSR count). The fraction of sp³-hybridized carbons (Fsp3) is 0.169. The van der Waals surface area contributed by atoms with Gasteiger partial charge in [-0.2, -0.15) is 0 Å². The van der Waals surface area contributed by atoms with E-state index in [0.717, 1.165) is 83.6 Å². The normalized spacial score (nSPS) is 13.9. The van der Waals surface area contributed by atoms with Crippen LogP contribution in [0.4, 0.5) is 0 Å². The predicted octanol–water partition coefficient (Wildman–Crippen LogP) is 16.7. The number of fused-ring (bicyclic) bond motifs is 4. The molecule has 4 heteroatoms. The van der Waals surface area contributed by atoms with Gasteiger partial charge in [0.2, 0.25) is 0 Å². The van der Waals surface area contributed by atoms with Crippen molar-refractivity contribution in [1.29, 1.82) is 0 Å². The van der Waals surface area contributed by atoms with Crippen LogP contribution < -0.4 is 0 Å². The standard InChI is InChI=1S/C65H57N3O/c1-41-26-31-58(52(34-41)43-18-11-9-12-19-43)68-59-25-17-23-50(61(59)67-62(68)54-39-53-51-22-15-16-24-55(51)65(7,8)56(53)40-60(54)69)45-35-46(37-49(36-45)63(2,3)4)57-38-44(32-33-66-57)42-27-29-48(30-28-42)64(5,6)47-20-13-10-14-21-47/h9-40,69H,1-8H3/i1D3. The van der Waals surface area contributed by atoms with Gasteiger partial charge in [-0.05, 0) is 128 Å². The quantitative estimate of drug-likeness (QED) is 0.165. The molecule has 0 radical (unpaired) electrons. The van der Waals surface area contributed by atoms with Gasteiger partial charge in [0.25, 0.3) is 0 Å². The minimum atomic E-state index is -2.33. The first-order chi connectivity index (χ1) is 34.4. The van der Waals surface area contributed by atoms with E-state index in [1.54, 1.807) is 12.1 Å². The van der Waals surface area contributed by atoms with E-state index in [1.807, 2.05) is 48.7 Å². The van der Waals surface area contributed by atoms with Crippen molar-refractivity contribution in [3.05, 3.63) is 228 Å². The van der Waals surface area contributed by atoms with Crippen molar-refractivity contribution in [3.8, 4) is 78.6 Å². The first kappa shape index (κ1) is 40.3. The first-order valence-electron chi connectivity index (χ1n) is 25.4. The molecule has 0 amide bonds. The smallest absolute Gasteiger partial charge is 0.149 e. The lowest BCUT2D eigenvalue weighted by atomic mass is 9.78. The van der Waals surface area contributed by atoms with E-state index in [9.17, 15) is 5.11 Å². The van der Waals surface area contributed by atoms with E-state index in [2.05, 4.69) is 186 Å². The summed E-state index contributed by atoms with van der Waals surface area (Å²) in [6.45, 7) is 13.3. The Balaban J connectivity index is 1.11. The number of aromatic nitrogens is 3. The molecule has 0 atom stereocenters. The second-order valence-corrected chi connectivity index (χ2v) is 20.7. The molecule has 4 nitrogen and oxygen atoms in total. The molecule has 0 fully saturated rings. The molecule has 0 unspecified atom stereocenters. The van der Waals surface area contributed by atoms with Gasteiger partial charge in [-0.3, -0.25) is 9.55 Å². The molecular weight excluding hydrogens is 839 g/mol. The number of hydrogen-bond donors (Lipinski definition) is 1. The monoisotopic (exact) mass is 898 g/mol. The second-order valence-electron chi connectivity index (χ2n) is 20.7. The summed E-state index contributed by atoms with van der Waals surface area (Å²) in [5.41, 5.74) is 18.1. The van der Waals surface area contributed by atoms with Crippen molar-refractivity contribution < 1.29 is 9.22 Å². The number of aryl methyl sites for hydroxylation is 1. The van der Waals surface area contributed by atoms with Crippen LogP contribution in [0.5, 0.6) is 5.75 Å². The first-order valence-corrected chi connectivity index (χ1v) is 23.9. The highest BCUT2D eigenvalue weighted by atomic mass is 16.3. The van der Waals surface area contributed by atoms with Crippen molar-refractivity contribution in [1.82, 2.24) is 14.5 Å². The molecule has 0 spiro atoms. The van der Waals surface area contributed by atoms with Crippen LogP contribution in [0.25, 0.3) is 83.9 Å². The van der Waals surface area contributed by atoms with Gasteiger partial charge in [0.05, 0.1) is 28.0 Å². The van der Waals surface area contributed by atoms with Gasteiger partial charge in [0.1, 0.15) is 11.6 Å². The topological polar surface area (TPSA) is 50.9 Å². The fourth-order valence-corrected chi connectivity index (χ4v) is 10.5. The molecule has 338 valence electrons. The number of rotatable bonds is 8. The number of phenolic OH excluding ortho intramolecular Hbond substituents is 1. The summed E-state index contributed by atoms with van der Waals surface area (Å²) < 4.78 is 27.4. The van der Waals surface area contributed by atoms with Gasteiger partial charge in [-0.25, -0.2) is 4.98 Å². The summed E-state index contributed by atoms with van der Waals surface area (Å²) in [6.07, 6.45) is 1.90. The third kappa shape index (κ3) is 7.56. The SMILES string of the molecule is [2H]C([2H])([2H])c1ccc(-n2c(-c3cc4c(cc3O)C(C)(C)c3ccccc3-4)nc3c(-c4cc(-c5cc(-c6ccc(C(C)(C)c7ccccc7)cc6)ccn5)cc(C(C)(C)C)c4)cccc32)c(-c2ccccc2)c1. The molecule has 2 aromatic heterocycles. The van der Waals surface area contributed by atoms with Gasteiger partial charge in [-0.1, -0.05) is 187 Å². The van der Waals surface area contributed by atoms with Crippen molar-refractivity contribution >= 4 is 11.0 Å². The largest absolute Gasteiger partial charge is 0.507 e. The number of imidazole rings is 1. The number of hydrogen-bond acceptors (Lipinski definition) is 3. The van der Waals surface area contributed by atoms with E-state index in [0.29, 0.717) is 11.4 Å². The maximum absolute atomic E-state index is 12.3. The summed E-state index contributed by atoms with van der Waals surface area (Å²) in [7, 11) is 0. The Morgan fingerprint density at radius 2 is 1.20 bits per heavy atom. The highest BCUT2D eigenvalue weighted by Gasteiger charge is 2.37. The Labute approximate surface area is 410 Å². The van der Waals surface area contributed by atoms with Crippen LogP contribution in [-0.4, -0.2) is 19.6 Å². The maximum atomic E-state index is 12.3. The Bertz CT molecular complexity index is 3710. The zero-order chi connectivity index (χ0) is 50.3. The molecule has 1 aliphatic rings. The summed E-state index contributed by atoms with van der Waals surface area (Å²) >= 11 is 0. The van der Waals surface area contributed by atoms with Crippen LogP contribution >= 0.6 is 0 Å². The maximum Gasteiger partial charge on any atom is 0.149 e. The number of phenols is 1. The lowest BCUT2D eigenvalue weighted by Crippen LogP contribution is -2.18. The van der Waals surface area contributed by atoms with E-state index in [-0.39, 0.29) is 27.6 Å². The number of para-hydroxylation sites is 1. The van der Waals surface area contributed by atoms with Crippen LogP contribution in [0.3, 0.4) is 0 Å². The second kappa shape index (κ2) is 16.5. The van der Waals surface area contributed by atoms with Crippen molar-refractivity contribution in [2.75, 3.05) is 0 Å². The number of aromatic hydroxyl groups is 1. The zero-order valence-electron chi connectivity index (χ0n) is 43.3. The highest BCUT2D eigenvalue weighted by Crippen LogP contribution is 2.52. The Hall–Kier alpha value is -7.82. The molecule has 1 N–H and O–H groups in total. The molecule has 0 bridgehead atoms. The molecule has 10 aromatic rings. The molecule has 69 heavy (non-hydrogen) atoms. The molecule has 8 aromatic carbocycles. The van der Waals surface area contributed by atoms with Gasteiger partial charge in [0.15, 0.2) is 0 Å². The van der Waals surface area contributed by atoms with Gasteiger partial charge in [-0.15, -0.1) is 0 Å². The summed E-state index contributed by atoms with van der Waals surface area (Å²) in [6, 6.07) is 64.5. The minimum absolute atomic E-state index is 0.116. The third-order valence-corrected chi connectivity index (χ3v) is 14.5. The number of pyridine rings is 1. The average Bonchev–Trinajstić information content (AvgIpc) is 3.87. The average molecular weight is 899 g/mol. The minimum Gasteiger partial charge on any atom is -0.507 e. The van der Waals surface area contributed by atoms with Gasteiger partial charge < -0.3 is 5.11 Å². The van der Waals surface area contributed by atoms with E-state index < -0.39 is 6.85 Å². The Kier molecular flexibility index (Phi) is 9.60. The predicted molar refractivity (Wildman–Crippen MR) is 287 cm³/mol. The van der Waals surface area contributed by atoms with Crippen LogP contribution in [0, 0.1) is 6.85 Å². The fourth-order valence-electron chi connectivity index (χ4n) is 10.5. The highest BCUT2D eigenvalue weighted by molar-refractivity contribution is 5.98. The van der Waals surface area contributed by atoms with Gasteiger partial charge >= 0.3 is 0 Å². The third-order valence-electron chi connectivity index (χ3n) is 14.5.